The van der Waals surface area contributed by atoms with Crippen molar-refractivity contribution in [3.8, 4) is 5.75 Å². The summed E-state index contributed by atoms with van der Waals surface area (Å²) >= 11 is 1.49. The molecule has 1 aliphatic heterocycles. The Morgan fingerprint density at radius 2 is 2.10 bits per heavy atom. The van der Waals surface area contributed by atoms with E-state index in [1.807, 2.05) is 19.9 Å². The zero-order valence-corrected chi connectivity index (χ0v) is 12.0. The van der Waals surface area contributed by atoms with Gasteiger partial charge in [-0.3, -0.25) is 9.59 Å². The van der Waals surface area contributed by atoms with Crippen molar-refractivity contribution in [3.05, 3.63) is 45.1 Å². The number of fused-ring (bicyclic) bond motifs is 1. The topological polar surface area (TPSA) is 55.4 Å². The van der Waals surface area contributed by atoms with Gasteiger partial charge in [-0.15, -0.1) is 11.3 Å². The maximum atomic E-state index is 12.4. The van der Waals surface area contributed by atoms with E-state index in [1.54, 1.807) is 18.2 Å². The first-order valence-corrected chi connectivity index (χ1v) is 7.04. The zero-order valence-electron chi connectivity index (χ0n) is 11.1. The van der Waals surface area contributed by atoms with Crippen molar-refractivity contribution in [1.29, 1.82) is 0 Å². The largest absolute Gasteiger partial charge is 0.482 e. The number of hydrogen-bond donors (Lipinski definition) is 1. The fourth-order valence-corrected chi connectivity index (χ4v) is 3.05. The molecular formula is C15H13NO3S. The van der Waals surface area contributed by atoms with E-state index in [1.165, 1.54) is 11.3 Å². The van der Waals surface area contributed by atoms with Crippen molar-refractivity contribution in [2.45, 2.75) is 13.8 Å². The number of ketones is 1. The molecule has 0 saturated heterocycles. The van der Waals surface area contributed by atoms with Gasteiger partial charge in [-0.2, -0.15) is 0 Å². The van der Waals surface area contributed by atoms with Crippen LogP contribution >= 0.6 is 11.3 Å². The first-order valence-electron chi connectivity index (χ1n) is 6.23. The highest BCUT2D eigenvalue weighted by molar-refractivity contribution is 7.14. The maximum Gasteiger partial charge on any atom is 0.262 e. The third-order valence-corrected chi connectivity index (χ3v) is 4.42. The maximum absolute atomic E-state index is 12.4. The number of ether oxygens (including phenoxy) is 1. The summed E-state index contributed by atoms with van der Waals surface area (Å²) in [5.74, 6) is 0.360. The van der Waals surface area contributed by atoms with Gasteiger partial charge in [0.2, 0.25) is 5.78 Å². The predicted molar refractivity (Wildman–Crippen MR) is 77.8 cm³/mol. The standard InChI is InChI=1S/C15H13NO3S/c1-8-5-13(20-9(8)2)15(18)10-3-4-12-11(6-10)16-14(17)7-19-12/h3-6H,7H2,1-2H3,(H,16,17). The molecule has 2 aromatic rings. The van der Waals surface area contributed by atoms with E-state index in [4.69, 9.17) is 4.74 Å². The van der Waals surface area contributed by atoms with E-state index in [2.05, 4.69) is 5.32 Å². The smallest absolute Gasteiger partial charge is 0.262 e. The Balaban J connectivity index is 1.96. The Hall–Kier alpha value is -2.14. The Labute approximate surface area is 120 Å². The predicted octanol–water partition coefficient (Wildman–Crippen LogP) is 2.93. The van der Waals surface area contributed by atoms with Gasteiger partial charge in [0.15, 0.2) is 6.61 Å². The van der Waals surface area contributed by atoms with Crippen molar-refractivity contribution in [2.75, 3.05) is 11.9 Å². The lowest BCUT2D eigenvalue weighted by Gasteiger charge is -2.18. The van der Waals surface area contributed by atoms with Crippen LogP contribution in [0.2, 0.25) is 0 Å². The lowest BCUT2D eigenvalue weighted by atomic mass is 10.1. The molecule has 0 radical (unpaired) electrons. The van der Waals surface area contributed by atoms with Gasteiger partial charge in [0, 0.05) is 10.4 Å². The second-order valence-corrected chi connectivity index (χ2v) is 5.98. The van der Waals surface area contributed by atoms with Crippen LogP contribution in [0.3, 0.4) is 0 Å². The Morgan fingerprint density at radius 3 is 2.80 bits per heavy atom. The lowest BCUT2D eigenvalue weighted by molar-refractivity contribution is -0.118. The Kier molecular flexibility index (Phi) is 3.06. The zero-order chi connectivity index (χ0) is 14.3. The second kappa shape index (κ2) is 4.76. The summed E-state index contributed by atoms with van der Waals surface area (Å²) in [6.45, 7) is 4.00. The summed E-state index contributed by atoms with van der Waals surface area (Å²) in [7, 11) is 0. The van der Waals surface area contributed by atoms with E-state index in [-0.39, 0.29) is 18.3 Å². The third kappa shape index (κ3) is 2.20. The molecule has 1 aliphatic rings. The molecule has 1 amide bonds. The number of benzene rings is 1. The van der Waals surface area contributed by atoms with Gasteiger partial charge in [-0.05, 0) is 43.7 Å². The Bertz CT molecular complexity index is 698. The number of rotatable bonds is 2. The average molecular weight is 287 g/mol. The van der Waals surface area contributed by atoms with Gasteiger partial charge in [0.1, 0.15) is 5.75 Å². The summed E-state index contributed by atoms with van der Waals surface area (Å²) < 4.78 is 5.28. The monoisotopic (exact) mass is 287 g/mol. The van der Waals surface area contributed by atoms with Crippen LogP contribution in [-0.4, -0.2) is 18.3 Å². The average Bonchev–Trinajstić information content (AvgIpc) is 2.77. The van der Waals surface area contributed by atoms with Crippen LogP contribution in [0.5, 0.6) is 5.75 Å². The molecule has 3 rings (SSSR count). The minimum Gasteiger partial charge on any atom is -0.482 e. The molecule has 1 N–H and O–H groups in total. The van der Waals surface area contributed by atoms with Gasteiger partial charge in [-0.1, -0.05) is 0 Å². The van der Waals surface area contributed by atoms with Gasteiger partial charge in [0.05, 0.1) is 10.6 Å². The van der Waals surface area contributed by atoms with Crippen molar-refractivity contribution >= 4 is 28.7 Å². The van der Waals surface area contributed by atoms with E-state index in [0.717, 1.165) is 10.4 Å². The molecule has 0 spiro atoms. The lowest BCUT2D eigenvalue weighted by Crippen LogP contribution is -2.25. The highest BCUT2D eigenvalue weighted by Crippen LogP contribution is 2.30. The molecule has 0 aliphatic carbocycles. The fraction of sp³-hybridized carbons (Fsp3) is 0.200. The number of nitrogens with one attached hydrogen (secondary N) is 1. The Morgan fingerprint density at radius 1 is 1.30 bits per heavy atom. The number of thiophene rings is 1. The molecule has 0 fully saturated rings. The van der Waals surface area contributed by atoms with Crippen LogP contribution in [-0.2, 0) is 4.79 Å². The molecule has 20 heavy (non-hydrogen) atoms. The summed E-state index contributed by atoms with van der Waals surface area (Å²) in [5, 5.41) is 2.71. The fourth-order valence-electron chi connectivity index (χ4n) is 2.05. The highest BCUT2D eigenvalue weighted by atomic mass is 32.1. The molecule has 5 heteroatoms. The van der Waals surface area contributed by atoms with Crippen molar-refractivity contribution in [2.24, 2.45) is 0 Å². The molecular weight excluding hydrogens is 274 g/mol. The van der Waals surface area contributed by atoms with Crippen LogP contribution in [0.15, 0.2) is 24.3 Å². The molecule has 0 unspecified atom stereocenters. The molecule has 4 nitrogen and oxygen atoms in total. The molecule has 1 aromatic carbocycles. The quantitative estimate of drug-likeness (QED) is 0.864. The minimum absolute atomic E-state index is 0.0175. The number of carbonyl (C=O) groups is 2. The highest BCUT2D eigenvalue weighted by Gasteiger charge is 2.19. The van der Waals surface area contributed by atoms with Crippen molar-refractivity contribution in [3.63, 3.8) is 0 Å². The summed E-state index contributed by atoms with van der Waals surface area (Å²) in [6, 6.07) is 7.01. The number of carbonyl (C=O) groups excluding carboxylic acids is 2. The SMILES string of the molecule is Cc1cc(C(=O)c2ccc3c(c2)NC(=O)CO3)sc1C. The van der Waals surface area contributed by atoms with Gasteiger partial charge >= 0.3 is 0 Å². The summed E-state index contributed by atoms with van der Waals surface area (Å²) in [5.41, 5.74) is 2.22. The van der Waals surface area contributed by atoms with E-state index in [9.17, 15) is 9.59 Å². The van der Waals surface area contributed by atoms with Crippen LogP contribution in [0, 0.1) is 13.8 Å². The van der Waals surface area contributed by atoms with Gasteiger partial charge < -0.3 is 10.1 Å². The summed E-state index contributed by atoms with van der Waals surface area (Å²) in [4.78, 5) is 25.6. The molecule has 102 valence electrons. The van der Waals surface area contributed by atoms with E-state index in [0.29, 0.717) is 21.9 Å². The van der Waals surface area contributed by atoms with Crippen LogP contribution in [0.4, 0.5) is 5.69 Å². The molecule has 2 heterocycles. The van der Waals surface area contributed by atoms with E-state index < -0.39 is 0 Å². The summed E-state index contributed by atoms with van der Waals surface area (Å²) in [6.07, 6.45) is 0. The number of anilines is 1. The van der Waals surface area contributed by atoms with Crippen molar-refractivity contribution < 1.29 is 14.3 Å². The molecule has 0 saturated carbocycles. The van der Waals surface area contributed by atoms with Crippen molar-refractivity contribution in [1.82, 2.24) is 0 Å². The molecule has 0 atom stereocenters. The second-order valence-electron chi connectivity index (χ2n) is 4.73. The normalized spacial score (nSPS) is 13.4. The molecule has 1 aromatic heterocycles. The number of amides is 1. The molecule has 0 bridgehead atoms. The number of aryl methyl sites for hydroxylation is 2. The van der Waals surface area contributed by atoms with Gasteiger partial charge in [-0.25, -0.2) is 0 Å². The third-order valence-electron chi connectivity index (χ3n) is 3.26. The first-order chi connectivity index (χ1) is 9.54. The minimum atomic E-state index is -0.204. The van der Waals surface area contributed by atoms with Crippen LogP contribution in [0.25, 0.3) is 0 Å². The number of hydrogen-bond acceptors (Lipinski definition) is 4. The van der Waals surface area contributed by atoms with Crippen LogP contribution < -0.4 is 10.1 Å². The van der Waals surface area contributed by atoms with E-state index >= 15 is 0 Å². The van der Waals surface area contributed by atoms with Crippen LogP contribution in [0.1, 0.15) is 25.7 Å². The first kappa shape index (κ1) is 12.9. The van der Waals surface area contributed by atoms with Gasteiger partial charge in [0.25, 0.3) is 5.91 Å².